The number of nitrogen functional groups attached to an aromatic ring is 1. The van der Waals surface area contributed by atoms with Gasteiger partial charge in [0.15, 0.2) is 5.69 Å². The largest absolute Gasteiger partial charge is 0.476 e. The molecule has 0 saturated carbocycles. The molecule has 0 aliphatic carbocycles. The molecule has 5 nitrogen and oxygen atoms in total. The van der Waals surface area contributed by atoms with E-state index in [1.165, 1.54) is 0 Å². The molecule has 0 aromatic carbocycles. The van der Waals surface area contributed by atoms with E-state index in [0.717, 1.165) is 6.33 Å². The lowest BCUT2D eigenvalue weighted by Crippen LogP contribution is -2.15. The highest BCUT2D eigenvalue weighted by atomic mass is 19.4. The first kappa shape index (κ1) is 12.3. The smallest absolute Gasteiger partial charge is 0.389 e. The van der Waals surface area contributed by atoms with Crippen molar-refractivity contribution in [3.63, 3.8) is 0 Å². The van der Waals surface area contributed by atoms with E-state index in [-0.39, 0.29) is 24.6 Å². The van der Waals surface area contributed by atoms with Crippen LogP contribution in [-0.4, -0.2) is 22.8 Å². The molecule has 1 aromatic rings. The highest BCUT2D eigenvalue weighted by molar-refractivity contribution is 5.44. The van der Waals surface area contributed by atoms with Gasteiger partial charge < -0.3 is 15.5 Å². The second kappa shape index (κ2) is 4.86. The number of ether oxygens (including phenoxy) is 1. The first-order valence-corrected chi connectivity index (χ1v) is 4.43. The van der Waals surface area contributed by atoms with Crippen LogP contribution in [0.3, 0.4) is 0 Å². The molecule has 0 unspecified atom stereocenters. The summed E-state index contributed by atoms with van der Waals surface area (Å²) in [6.45, 7) is -0.194. The summed E-state index contributed by atoms with van der Waals surface area (Å²) in [5.41, 5.74) is 4.47. The minimum atomic E-state index is -4.21. The van der Waals surface area contributed by atoms with Crippen LogP contribution in [0.2, 0.25) is 0 Å². The van der Waals surface area contributed by atoms with Crippen molar-refractivity contribution in [1.82, 2.24) is 9.97 Å². The van der Waals surface area contributed by atoms with Gasteiger partial charge in [0.05, 0.1) is 12.9 Å². The van der Waals surface area contributed by atoms with Crippen LogP contribution in [-0.2, 0) is 0 Å². The Morgan fingerprint density at radius 2 is 2.19 bits per heavy atom. The number of rotatable bonds is 4. The third kappa shape index (κ3) is 3.79. The van der Waals surface area contributed by atoms with Crippen LogP contribution in [0.1, 0.15) is 12.8 Å². The van der Waals surface area contributed by atoms with E-state index in [0.29, 0.717) is 0 Å². The summed E-state index contributed by atoms with van der Waals surface area (Å²) in [5.74, 6) is -0.147. The highest BCUT2D eigenvalue weighted by Gasteiger charge is 2.26. The molecule has 0 aliphatic rings. The fourth-order valence-corrected chi connectivity index (χ4v) is 0.950. The van der Waals surface area contributed by atoms with Gasteiger partial charge in [0.25, 0.3) is 5.56 Å². The number of H-pyrrole nitrogens is 1. The number of aromatic nitrogens is 2. The topological polar surface area (TPSA) is 81.0 Å². The Bertz CT molecular complexity index is 402. The van der Waals surface area contributed by atoms with Gasteiger partial charge in [0.2, 0.25) is 5.88 Å². The molecule has 0 aliphatic heterocycles. The van der Waals surface area contributed by atoms with Gasteiger partial charge in [-0.25, -0.2) is 4.98 Å². The minimum Gasteiger partial charge on any atom is -0.476 e. The summed E-state index contributed by atoms with van der Waals surface area (Å²) in [6, 6.07) is 0. The molecule has 0 radical (unpaired) electrons. The summed E-state index contributed by atoms with van der Waals surface area (Å²) in [7, 11) is 0. The van der Waals surface area contributed by atoms with Gasteiger partial charge in [-0.05, 0) is 6.42 Å². The van der Waals surface area contributed by atoms with Crippen molar-refractivity contribution in [2.45, 2.75) is 19.0 Å². The molecule has 0 amide bonds. The Morgan fingerprint density at radius 3 is 2.81 bits per heavy atom. The van der Waals surface area contributed by atoms with Crippen LogP contribution in [0.15, 0.2) is 11.1 Å². The second-order valence-corrected chi connectivity index (χ2v) is 3.02. The van der Waals surface area contributed by atoms with Crippen molar-refractivity contribution in [2.75, 3.05) is 12.3 Å². The van der Waals surface area contributed by atoms with Crippen LogP contribution in [0.4, 0.5) is 18.9 Å². The number of nitrogens with zero attached hydrogens (tertiary/aromatic N) is 1. The van der Waals surface area contributed by atoms with E-state index in [1.807, 2.05) is 0 Å². The van der Waals surface area contributed by atoms with Gasteiger partial charge in [0.1, 0.15) is 0 Å². The molecule has 0 saturated heterocycles. The lowest BCUT2D eigenvalue weighted by atomic mass is 10.3. The number of hydrogen-bond acceptors (Lipinski definition) is 4. The molecule has 90 valence electrons. The molecule has 16 heavy (non-hydrogen) atoms. The minimum absolute atomic E-state index is 0.147. The normalized spacial score (nSPS) is 11.4. The Labute approximate surface area is 88.4 Å². The molecular formula is C8H10F3N3O2. The summed E-state index contributed by atoms with van der Waals surface area (Å²) in [5, 5.41) is 0. The quantitative estimate of drug-likeness (QED) is 0.767. The van der Waals surface area contributed by atoms with Crippen LogP contribution < -0.4 is 16.0 Å². The van der Waals surface area contributed by atoms with Crippen molar-refractivity contribution >= 4 is 5.69 Å². The summed E-state index contributed by atoms with van der Waals surface area (Å²) < 4.78 is 40.2. The van der Waals surface area contributed by atoms with Gasteiger partial charge >= 0.3 is 6.18 Å². The zero-order chi connectivity index (χ0) is 12.2. The van der Waals surface area contributed by atoms with Crippen molar-refractivity contribution in [2.24, 2.45) is 0 Å². The first-order chi connectivity index (χ1) is 7.40. The molecule has 1 aromatic heterocycles. The van der Waals surface area contributed by atoms with E-state index >= 15 is 0 Å². The van der Waals surface area contributed by atoms with E-state index in [1.54, 1.807) is 0 Å². The average Bonchev–Trinajstić information content (AvgIpc) is 2.17. The summed E-state index contributed by atoms with van der Waals surface area (Å²) >= 11 is 0. The molecule has 0 atom stereocenters. The van der Waals surface area contributed by atoms with Crippen LogP contribution in [0, 0.1) is 0 Å². The molecule has 0 fully saturated rings. The van der Waals surface area contributed by atoms with Crippen LogP contribution in [0.25, 0.3) is 0 Å². The lowest BCUT2D eigenvalue weighted by molar-refractivity contribution is -0.136. The zero-order valence-electron chi connectivity index (χ0n) is 8.17. The van der Waals surface area contributed by atoms with Crippen molar-refractivity contribution < 1.29 is 17.9 Å². The monoisotopic (exact) mass is 237 g/mol. The van der Waals surface area contributed by atoms with Crippen molar-refractivity contribution in [3.05, 3.63) is 16.7 Å². The third-order valence-corrected chi connectivity index (χ3v) is 1.70. The Kier molecular flexibility index (Phi) is 3.75. The molecule has 8 heteroatoms. The molecule has 1 rings (SSSR count). The van der Waals surface area contributed by atoms with Crippen molar-refractivity contribution in [1.29, 1.82) is 0 Å². The summed E-state index contributed by atoms with van der Waals surface area (Å²) in [6.07, 6.45) is -4.30. The van der Waals surface area contributed by atoms with E-state index in [4.69, 9.17) is 10.5 Å². The number of aromatic amines is 1. The maximum Gasteiger partial charge on any atom is 0.389 e. The number of halogens is 3. The fraction of sp³-hybridized carbons (Fsp3) is 0.500. The number of nitrogens with one attached hydrogen (secondary N) is 1. The molecule has 3 N–H and O–H groups in total. The van der Waals surface area contributed by atoms with E-state index in [2.05, 4.69) is 9.97 Å². The second-order valence-electron chi connectivity index (χ2n) is 3.02. The molecule has 0 spiro atoms. The van der Waals surface area contributed by atoms with Crippen molar-refractivity contribution in [3.8, 4) is 5.88 Å². The fourth-order valence-electron chi connectivity index (χ4n) is 0.950. The zero-order valence-corrected chi connectivity index (χ0v) is 8.17. The Balaban J connectivity index is 2.44. The standard InChI is InChI=1S/C8H10F3N3O2/c9-8(10,11)2-1-3-16-7-5(12)6(15)13-4-14-7/h4H,1-3,12H2,(H,13,14,15). The molecular weight excluding hydrogens is 227 g/mol. The molecule has 0 bridgehead atoms. The van der Waals surface area contributed by atoms with E-state index in [9.17, 15) is 18.0 Å². The Morgan fingerprint density at radius 1 is 1.50 bits per heavy atom. The highest BCUT2D eigenvalue weighted by Crippen LogP contribution is 2.21. The summed E-state index contributed by atoms with van der Waals surface area (Å²) in [4.78, 5) is 16.7. The number of nitrogens with two attached hydrogens (primary N) is 1. The lowest BCUT2D eigenvalue weighted by Gasteiger charge is -2.08. The number of alkyl halides is 3. The van der Waals surface area contributed by atoms with E-state index < -0.39 is 18.2 Å². The third-order valence-electron chi connectivity index (χ3n) is 1.70. The predicted octanol–water partition coefficient (Wildman–Crippen LogP) is 1.07. The van der Waals surface area contributed by atoms with Gasteiger partial charge in [-0.3, -0.25) is 4.79 Å². The predicted molar refractivity (Wildman–Crippen MR) is 50.1 cm³/mol. The van der Waals surface area contributed by atoms with Gasteiger partial charge in [-0.2, -0.15) is 13.2 Å². The number of anilines is 1. The van der Waals surface area contributed by atoms with Gasteiger partial charge in [-0.1, -0.05) is 0 Å². The van der Waals surface area contributed by atoms with Crippen LogP contribution >= 0.6 is 0 Å². The maximum absolute atomic E-state index is 11.8. The average molecular weight is 237 g/mol. The Hall–Kier alpha value is -1.73. The van der Waals surface area contributed by atoms with Gasteiger partial charge in [0, 0.05) is 6.42 Å². The first-order valence-electron chi connectivity index (χ1n) is 4.43. The number of hydrogen-bond donors (Lipinski definition) is 2. The SMILES string of the molecule is Nc1c(OCCCC(F)(F)F)nc[nH]c1=O. The van der Waals surface area contributed by atoms with Gasteiger partial charge in [-0.15, -0.1) is 0 Å². The molecule has 1 heterocycles. The van der Waals surface area contributed by atoms with Crippen LogP contribution in [0.5, 0.6) is 5.88 Å². The maximum atomic E-state index is 11.8.